The van der Waals surface area contributed by atoms with Crippen LogP contribution in [0.25, 0.3) is 0 Å². The second-order valence-electron chi connectivity index (χ2n) is 7.05. The standard InChI is InChI=1S/C22H20ClN3O4S/c1-30-15-8-11-18(22(27)12-15)20-13-21(17-4-2-3-5-19(17)23)26(25-20)14-6-9-16(10-7-14)31(24,28)29/h2-12,21,27H,13H2,1H3,(H2,24,28,29). The first-order valence-corrected chi connectivity index (χ1v) is 11.3. The number of halogens is 1. The number of ether oxygens (including phenoxy) is 1. The molecule has 1 heterocycles. The Morgan fingerprint density at radius 1 is 1.13 bits per heavy atom. The van der Waals surface area contributed by atoms with E-state index in [-0.39, 0.29) is 16.7 Å². The minimum atomic E-state index is -3.80. The van der Waals surface area contributed by atoms with Gasteiger partial charge >= 0.3 is 0 Å². The number of hydrogen-bond acceptors (Lipinski definition) is 6. The second-order valence-corrected chi connectivity index (χ2v) is 9.02. The van der Waals surface area contributed by atoms with E-state index in [1.54, 1.807) is 29.3 Å². The third kappa shape index (κ3) is 4.23. The van der Waals surface area contributed by atoms with Crippen molar-refractivity contribution in [2.24, 2.45) is 10.2 Å². The molecule has 0 saturated carbocycles. The average Bonchev–Trinajstić information content (AvgIpc) is 3.18. The molecule has 0 fully saturated rings. The molecule has 0 amide bonds. The lowest BCUT2D eigenvalue weighted by Crippen LogP contribution is -2.19. The first-order chi connectivity index (χ1) is 14.8. The number of phenolic OH excluding ortho intramolecular Hbond substituents is 1. The highest BCUT2D eigenvalue weighted by Crippen LogP contribution is 2.40. The van der Waals surface area contributed by atoms with Gasteiger partial charge < -0.3 is 9.84 Å². The zero-order chi connectivity index (χ0) is 22.2. The van der Waals surface area contributed by atoms with Crippen molar-refractivity contribution >= 4 is 33.0 Å². The van der Waals surface area contributed by atoms with E-state index in [0.29, 0.717) is 34.2 Å². The van der Waals surface area contributed by atoms with Gasteiger partial charge in [0.15, 0.2) is 0 Å². The third-order valence-corrected chi connectivity index (χ3v) is 6.39. The van der Waals surface area contributed by atoms with Gasteiger partial charge in [0.05, 0.1) is 29.4 Å². The summed E-state index contributed by atoms with van der Waals surface area (Å²) >= 11 is 6.47. The number of nitrogens with zero attached hydrogens (tertiary/aromatic N) is 2. The highest BCUT2D eigenvalue weighted by atomic mass is 35.5. The number of phenols is 1. The highest BCUT2D eigenvalue weighted by molar-refractivity contribution is 7.89. The molecule has 1 aliphatic rings. The number of hydrogen-bond donors (Lipinski definition) is 2. The minimum Gasteiger partial charge on any atom is -0.507 e. The summed E-state index contributed by atoms with van der Waals surface area (Å²) in [5.74, 6) is 0.598. The van der Waals surface area contributed by atoms with Crippen LogP contribution in [0.2, 0.25) is 5.02 Å². The van der Waals surface area contributed by atoms with Crippen molar-refractivity contribution in [2.75, 3.05) is 12.1 Å². The molecular weight excluding hydrogens is 438 g/mol. The molecule has 3 aromatic carbocycles. The molecular formula is C22H20ClN3O4S. The largest absolute Gasteiger partial charge is 0.507 e. The Morgan fingerprint density at radius 2 is 1.84 bits per heavy atom. The van der Waals surface area contributed by atoms with E-state index in [4.69, 9.17) is 26.6 Å². The smallest absolute Gasteiger partial charge is 0.238 e. The molecule has 0 saturated heterocycles. The van der Waals surface area contributed by atoms with Crippen LogP contribution in [-0.2, 0) is 10.0 Å². The number of rotatable bonds is 5. The van der Waals surface area contributed by atoms with Crippen molar-refractivity contribution in [3.63, 3.8) is 0 Å². The number of methoxy groups -OCH3 is 1. The molecule has 9 heteroatoms. The van der Waals surface area contributed by atoms with E-state index in [1.807, 2.05) is 24.3 Å². The van der Waals surface area contributed by atoms with Gasteiger partial charge in [0.1, 0.15) is 11.5 Å². The third-order valence-electron chi connectivity index (χ3n) is 5.12. The number of benzene rings is 3. The maximum absolute atomic E-state index is 11.6. The van der Waals surface area contributed by atoms with Crippen molar-refractivity contribution in [3.05, 3.63) is 82.9 Å². The fraction of sp³-hybridized carbons (Fsp3) is 0.136. The van der Waals surface area contributed by atoms with E-state index < -0.39 is 10.0 Å². The van der Waals surface area contributed by atoms with Crippen LogP contribution in [0, 0.1) is 0 Å². The summed E-state index contributed by atoms with van der Waals surface area (Å²) in [6.45, 7) is 0. The molecule has 7 nitrogen and oxygen atoms in total. The van der Waals surface area contributed by atoms with Crippen LogP contribution in [0.1, 0.15) is 23.6 Å². The minimum absolute atomic E-state index is 0.0155. The summed E-state index contributed by atoms with van der Waals surface area (Å²) in [5, 5.41) is 22.8. The van der Waals surface area contributed by atoms with Crippen LogP contribution < -0.4 is 14.9 Å². The molecule has 0 aromatic heterocycles. The van der Waals surface area contributed by atoms with Gasteiger partial charge in [0.25, 0.3) is 0 Å². The summed E-state index contributed by atoms with van der Waals surface area (Å²) in [4.78, 5) is 0.0155. The Labute approximate surface area is 185 Å². The molecule has 160 valence electrons. The number of anilines is 1. The molecule has 3 N–H and O–H groups in total. The lowest BCUT2D eigenvalue weighted by Gasteiger charge is -2.24. The Morgan fingerprint density at radius 3 is 2.45 bits per heavy atom. The number of hydrazone groups is 1. The molecule has 0 radical (unpaired) electrons. The Kier molecular flexibility index (Phi) is 5.62. The monoisotopic (exact) mass is 457 g/mol. The van der Waals surface area contributed by atoms with Crippen LogP contribution in [-0.4, -0.2) is 26.3 Å². The Balaban J connectivity index is 1.78. The van der Waals surface area contributed by atoms with E-state index in [0.717, 1.165) is 5.56 Å². The number of nitrogens with two attached hydrogens (primary N) is 1. The SMILES string of the molecule is COc1ccc(C2=NN(c3ccc(S(N)(=O)=O)cc3)C(c3ccccc3Cl)C2)c(O)c1. The quantitative estimate of drug-likeness (QED) is 0.601. The van der Waals surface area contributed by atoms with Crippen molar-refractivity contribution in [2.45, 2.75) is 17.4 Å². The van der Waals surface area contributed by atoms with E-state index in [2.05, 4.69) is 0 Å². The topological polar surface area (TPSA) is 105 Å². The maximum atomic E-state index is 11.6. The Hall–Kier alpha value is -3.07. The summed E-state index contributed by atoms with van der Waals surface area (Å²) < 4.78 is 28.4. The number of primary sulfonamides is 1. The summed E-state index contributed by atoms with van der Waals surface area (Å²) in [7, 11) is -2.27. The fourth-order valence-electron chi connectivity index (χ4n) is 3.57. The first-order valence-electron chi connectivity index (χ1n) is 9.39. The van der Waals surface area contributed by atoms with Gasteiger partial charge in [-0.05, 0) is 48.0 Å². The van der Waals surface area contributed by atoms with Gasteiger partial charge in [-0.1, -0.05) is 29.8 Å². The van der Waals surface area contributed by atoms with Crippen LogP contribution in [0.15, 0.2) is 76.7 Å². The molecule has 1 atom stereocenters. The van der Waals surface area contributed by atoms with Gasteiger partial charge in [-0.3, -0.25) is 5.01 Å². The predicted molar refractivity (Wildman–Crippen MR) is 120 cm³/mol. The molecule has 1 aliphatic heterocycles. The zero-order valence-electron chi connectivity index (χ0n) is 16.6. The number of sulfonamides is 1. The van der Waals surface area contributed by atoms with Crippen LogP contribution in [0.4, 0.5) is 5.69 Å². The fourth-order valence-corrected chi connectivity index (χ4v) is 4.35. The lowest BCUT2D eigenvalue weighted by molar-refractivity contribution is 0.407. The molecule has 31 heavy (non-hydrogen) atoms. The van der Waals surface area contributed by atoms with Crippen LogP contribution >= 0.6 is 11.6 Å². The predicted octanol–water partition coefficient (Wildman–Crippen LogP) is 4.06. The summed E-state index contributed by atoms with van der Waals surface area (Å²) in [6, 6.07) is 18.4. The lowest BCUT2D eigenvalue weighted by atomic mass is 9.97. The van der Waals surface area contributed by atoms with Gasteiger partial charge in [-0.25, -0.2) is 13.6 Å². The van der Waals surface area contributed by atoms with Crippen molar-refractivity contribution in [3.8, 4) is 11.5 Å². The van der Waals surface area contributed by atoms with Crippen LogP contribution in [0.5, 0.6) is 11.5 Å². The van der Waals surface area contributed by atoms with E-state index in [1.165, 1.54) is 25.3 Å². The normalized spacial score (nSPS) is 16.3. The molecule has 0 aliphatic carbocycles. The van der Waals surface area contributed by atoms with Crippen molar-refractivity contribution in [1.29, 1.82) is 0 Å². The summed E-state index contributed by atoms with van der Waals surface area (Å²) in [5.41, 5.74) is 2.79. The van der Waals surface area contributed by atoms with Crippen molar-refractivity contribution in [1.82, 2.24) is 0 Å². The Bertz CT molecular complexity index is 1260. The second kappa shape index (κ2) is 8.22. The van der Waals surface area contributed by atoms with Crippen molar-refractivity contribution < 1.29 is 18.3 Å². The molecule has 0 spiro atoms. The van der Waals surface area contributed by atoms with E-state index >= 15 is 0 Å². The molecule has 1 unspecified atom stereocenters. The molecule has 4 rings (SSSR count). The van der Waals surface area contributed by atoms with Gasteiger partial charge in [-0.15, -0.1) is 0 Å². The van der Waals surface area contributed by atoms with E-state index in [9.17, 15) is 13.5 Å². The maximum Gasteiger partial charge on any atom is 0.238 e. The highest BCUT2D eigenvalue weighted by Gasteiger charge is 2.32. The summed E-state index contributed by atoms with van der Waals surface area (Å²) in [6.07, 6.45) is 0.487. The van der Waals surface area contributed by atoms with Crippen LogP contribution in [0.3, 0.4) is 0 Å². The van der Waals surface area contributed by atoms with Gasteiger partial charge in [0.2, 0.25) is 10.0 Å². The molecule has 0 bridgehead atoms. The van der Waals surface area contributed by atoms with Gasteiger partial charge in [0, 0.05) is 23.1 Å². The number of aromatic hydroxyl groups is 1. The van der Waals surface area contributed by atoms with Gasteiger partial charge in [-0.2, -0.15) is 5.10 Å². The average molecular weight is 458 g/mol. The zero-order valence-corrected chi connectivity index (χ0v) is 18.1. The first kappa shape index (κ1) is 21.2. The molecule has 3 aromatic rings.